The molecule has 1 aliphatic rings. The van der Waals surface area contributed by atoms with Crippen molar-refractivity contribution in [1.29, 1.82) is 0 Å². The third kappa shape index (κ3) is 3.21. The molecule has 0 aromatic rings. The number of carbonyl (C=O) groups excluding carboxylic acids is 1. The van der Waals surface area contributed by atoms with E-state index < -0.39 is 0 Å². The first kappa shape index (κ1) is 14.5. The van der Waals surface area contributed by atoms with Gasteiger partial charge in [0.1, 0.15) is 0 Å². The lowest BCUT2D eigenvalue weighted by molar-refractivity contribution is -0.141. The summed E-state index contributed by atoms with van der Waals surface area (Å²) in [4.78, 5) is 16.9. The van der Waals surface area contributed by atoms with Crippen LogP contribution in [0.5, 0.6) is 0 Å². The van der Waals surface area contributed by atoms with Gasteiger partial charge < -0.3 is 9.80 Å². The molecule has 1 heterocycles. The fourth-order valence-electron chi connectivity index (χ4n) is 2.72. The van der Waals surface area contributed by atoms with Crippen LogP contribution in [0.4, 0.5) is 0 Å². The maximum atomic E-state index is 12.6. The van der Waals surface area contributed by atoms with Gasteiger partial charge in [0, 0.05) is 24.5 Å². The van der Waals surface area contributed by atoms with Crippen molar-refractivity contribution in [3.8, 4) is 0 Å². The van der Waals surface area contributed by atoms with Gasteiger partial charge in [0.15, 0.2) is 0 Å². The van der Waals surface area contributed by atoms with Gasteiger partial charge in [-0.2, -0.15) is 0 Å². The van der Waals surface area contributed by atoms with Crippen LogP contribution in [0.2, 0.25) is 0 Å². The number of carbonyl (C=O) groups is 1. The summed E-state index contributed by atoms with van der Waals surface area (Å²) in [6.45, 7) is 8.26. The summed E-state index contributed by atoms with van der Waals surface area (Å²) in [5.41, 5.74) is -0.143. The molecule has 0 radical (unpaired) electrons. The number of hydrogen-bond donors (Lipinski definition) is 0. The van der Waals surface area contributed by atoms with E-state index in [1.54, 1.807) is 0 Å². The summed E-state index contributed by atoms with van der Waals surface area (Å²) in [5.74, 6) is 0.367. The molecule has 2 unspecified atom stereocenters. The molecular formula is C14H28N2O. The molecular weight excluding hydrogens is 212 g/mol. The van der Waals surface area contributed by atoms with Crippen molar-refractivity contribution < 1.29 is 4.79 Å². The molecule has 1 fully saturated rings. The second-order valence-electron chi connectivity index (χ2n) is 5.82. The Bertz CT molecular complexity index is 265. The largest absolute Gasteiger partial charge is 0.341 e. The maximum absolute atomic E-state index is 12.6. The Kier molecular flexibility index (Phi) is 4.99. The topological polar surface area (TPSA) is 23.6 Å². The van der Waals surface area contributed by atoms with Crippen LogP contribution in [0.15, 0.2) is 0 Å². The molecule has 0 N–H and O–H groups in total. The third-order valence-corrected chi connectivity index (χ3v) is 4.28. The van der Waals surface area contributed by atoms with E-state index >= 15 is 0 Å². The Morgan fingerprint density at radius 2 is 2.06 bits per heavy atom. The predicted octanol–water partition coefficient (Wildman–Crippen LogP) is 2.37. The second kappa shape index (κ2) is 5.85. The molecule has 1 amide bonds. The van der Waals surface area contributed by atoms with Gasteiger partial charge in [-0.1, -0.05) is 27.2 Å². The lowest BCUT2D eigenvalue weighted by atomic mass is 9.81. The Morgan fingerprint density at radius 3 is 2.47 bits per heavy atom. The van der Waals surface area contributed by atoms with Crippen LogP contribution in [-0.4, -0.2) is 48.9 Å². The highest BCUT2D eigenvalue weighted by molar-refractivity contribution is 5.82. The van der Waals surface area contributed by atoms with Crippen LogP contribution >= 0.6 is 0 Å². The van der Waals surface area contributed by atoms with Gasteiger partial charge in [0.05, 0.1) is 0 Å². The number of rotatable bonds is 5. The van der Waals surface area contributed by atoms with E-state index in [1.807, 2.05) is 0 Å². The fourth-order valence-corrected chi connectivity index (χ4v) is 2.72. The van der Waals surface area contributed by atoms with E-state index in [0.717, 1.165) is 38.8 Å². The van der Waals surface area contributed by atoms with Gasteiger partial charge in [-0.15, -0.1) is 0 Å². The lowest BCUT2D eigenvalue weighted by Gasteiger charge is -2.32. The van der Waals surface area contributed by atoms with Crippen LogP contribution in [-0.2, 0) is 4.79 Å². The molecule has 2 atom stereocenters. The molecule has 1 saturated heterocycles. The van der Waals surface area contributed by atoms with Crippen molar-refractivity contribution in [3.63, 3.8) is 0 Å². The van der Waals surface area contributed by atoms with Crippen LogP contribution in [0.3, 0.4) is 0 Å². The lowest BCUT2D eigenvalue weighted by Crippen LogP contribution is -2.42. The first-order chi connectivity index (χ1) is 7.94. The standard InChI is InChI=1S/C14H28N2O/c1-6-9-14(3,7-2)13(17)16-10-8-12(11-16)15(4)5/h12H,6-11H2,1-5H3. The molecule has 1 aliphatic heterocycles. The van der Waals surface area contributed by atoms with Crippen molar-refractivity contribution in [2.24, 2.45) is 5.41 Å². The van der Waals surface area contributed by atoms with Crippen molar-refractivity contribution in [2.45, 2.75) is 52.5 Å². The number of nitrogens with zero attached hydrogens (tertiary/aromatic N) is 2. The van der Waals surface area contributed by atoms with E-state index in [-0.39, 0.29) is 5.41 Å². The molecule has 0 aromatic carbocycles. The molecule has 0 spiro atoms. The van der Waals surface area contributed by atoms with E-state index in [0.29, 0.717) is 11.9 Å². The predicted molar refractivity (Wildman–Crippen MR) is 72.0 cm³/mol. The van der Waals surface area contributed by atoms with Crippen molar-refractivity contribution in [2.75, 3.05) is 27.2 Å². The molecule has 0 bridgehead atoms. The van der Waals surface area contributed by atoms with Gasteiger partial charge >= 0.3 is 0 Å². The first-order valence-corrected chi connectivity index (χ1v) is 6.90. The highest BCUT2D eigenvalue weighted by Crippen LogP contribution is 2.31. The highest BCUT2D eigenvalue weighted by Gasteiger charge is 2.37. The van der Waals surface area contributed by atoms with Gasteiger partial charge in [0.25, 0.3) is 0 Å². The maximum Gasteiger partial charge on any atom is 0.228 e. The van der Waals surface area contributed by atoms with E-state index in [9.17, 15) is 4.79 Å². The Labute approximate surface area is 106 Å². The smallest absolute Gasteiger partial charge is 0.228 e. The zero-order chi connectivity index (χ0) is 13.1. The summed E-state index contributed by atoms with van der Waals surface area (Å²) in [5, 5.41) is 0. The molecule has 3 heteroatoms. The average Bonchev–Trinajstić information content (AvgIpc) is 2.77. The molecule has 1 rings (SSSR count). The Morgan fingerprint density at radius 1 is 1.41 bits per heavy atom. The minimum absolute atomic E-state index is 0.143. The first-order valence-electron chi connectivity index (χ1n) is 6.90. The van der Waals surface area contributed by atoms with E-state index in [2.05, 4.69) is 44.7 Å². The monoisotopic (exact) mass is 240 g/mol. The summed E-state index contributed by atoms with van der Waals surface area (Å²) in [6, 6.07) is 0.543. The minimum Gasteiger partial charge on any atom is -0.341 e. The summed E-state index contributed by atoms with van der Waals surface area (Å²) >= 11 is 0. The molecule has 17 heavy (non-hydrogen) atoms. The molecule has 100 valence electrons. The van der Waals surface area contributed by atoms with Gasteiger partial charge in [0.2, 0.25) is 5.91 Å². The minimum atomic E-state index is -0.143. The van der Waals surface area contributed by atoms with E-state index in [4.69, 9.17) is 0 Å². The summed E-state index contributed by atoms with van der Waals surface area (Å²) < 4.78 is 0. The normalized spacial score (nSPS) is 24.1. The number of likely N-dealkylation sites (tertiary alicyclic amines) is 1. The quantitative estimate of drug-likeness (QED) is 0.736. The van der Waals surface area contributed by atoms with Crippen molar-refractivity contribution in [3.05, 3.63) is 0 Å². The molecule has 3 nitrogen and oxygen atoms in total. The van der Waals surface area contributed by atoms with Crippen LogP contribution in [0, 0.1) is 5.41 Å². The highest BCUT2D eigenvalue weighted by atomic mass is 16.2. The Balaban J connectivity index is 2.64. The van der Waals surface area contributed by atoms with Gasteiger partial charge in [-0.05, 0) is 33.4 Å². The van der Waals surface area contributed by atoms with Crippen LogP contribution < -0.4 is 0 Å². The molecule has 0 aromatic heterocycles. The number of hydrogen-bond acceptors (Lipinski definition) is 2. The van der Waals surface area contributed by atoms with Crippen molar-refractivity contribution in [1.82, 2.24) is 9.80 Å². The average molecular weight is 240 g/mol. The summed E-state index contributed by atoms with van der Waals surface area (Å²) in [7, 11) is 4.20. The SMILES string of the molecule is CCCC(C)(CC)C(=O)N1CCC(N(C)C)C1. The molecule has 0 saturated carbocycles. The number of likely N-dealkylation sites (N-methyl/N-ethyl adjacent to an activating group) is 1. The van der Waals surface area contributed by atoms with Crippen LogP contribution in [0.1, 0.15) is 46.5 Å². The summed E-state index contributed by atoms with van der Waals surface area (Å²) in [6.07, 6.45) is 4.15. The fraction of sp³-hybridized carbons (Fsp3) is 0.929. The van der Waals surface area contributed by atoms with Crippen LogP contribution in [0.25, 0.3) is 0 Å². The van der Waals surface area contributed by atoms with Gasteiger partial charge in [-0.3, -0.25) is 4.79 Å². The second-order valence-corrected chi connectivity index (χ2v) is 5.82. The van der Waals surface area contributed by atoms with E-state index in [1.165, 1.54) is 0 Å². The zero-order valence-corrected chi connectivity index (χ0v) is 12.1. The zero-order valence-electron chi connectivity index (χ0n) is 12.1. The third-order valence-electron chi connectivity index (χ3n) is 4.28. The molecule has 0 aliphatic carbocycles. The van der Waals surface area contributed by atoms with Crippen molar-refractivity contribution >= 4 is 5.91 Å². The Hall–Kier alpha value is -0.570. The van der Waals surface area contributed by atoms with Gasteiger partial charge in [-0.25, -0.2) is 0 Å². The number of amides is 1.